The number of unbranched alkanes of at least 4 members (excludes halogenated alkanes) is 2. The van der Waals surface area contributed by atoms with Crippen LogP contribution in [0.2, 0.25) is 8.35 Å². The summed E-state index contributed by atoms with van der Waals surface area (Å²) in [5, 5.41) is 5.40. The van der Waals surface area contributed by atoms with Crippen LogP contribution in [-0.4, -0.2) is 0 Å². The predicted molar refractivity (Wildman–Crippen MR) is 213 cm³/mol. The number of hydrogen-bond donors (Lipinski definition) is 0. The average Bonchev–Trinajstić information content (AvgIpc) is 3.71. The third kappa shape index (κ3) is 6.10. The van der Waals surface area contributed by atoms with Crippen LogP contribution in [0.1, 0.15) is 88.4 Å². The minimum Gasteiger partial charge on any atom is -1.00 e. The van der Waals surface area contributed by atoms with E-state index in [-0.39, 0.29) is 24.8 Å². The van der Waals surface area contributed by atoms with Crippen LogP contribution in [0.4, 0.5) is 0 Å². The van der Waals surface area contributed by atoms with E-state index in [1.807, 2.05) is 0 Å². The second kappa shape index (κ2) is 15.6. The molecule has 3 aliphatic rings. The van der Waals surface area contributed by atoms with Gasteiger partial charge in [-0.25, -0.2) is 0 Å². The molecule has 1 heterocycles. The standard InChI is InChI=1S/2C23H21.C3H6.2ClH.Hf/c2*1-2-3-8-17-15-19-11-7-14-22(23(19)16-17)21-13-6-10-18-9-4-5-12-20(18)21;1-3-2;;;/h2*4-7,9-16H,2-3,8H2,1H3;1-3H2;2*1H;/q;;;;;+2/p-2. The van der Waals surface area contributed by atoms with Gasteiger partial charge in [-0.15, -0.1) is 0 Å². The van der Waals surface area contributed by atoms with Crippen LogP contribution in [0.25, 0.3) is 56.0 Å². The molecule has 2 unspecified atom stereocenters. The van der Waals surface area contributed by atoms with Crippen molar-refractivity contribution in [1.82, 2.24) is 0 Å². The molecule has 1 fully saturated rings. The molecule has 0 amide bonds. The van der Waals surface area contributed by atoms with Crippen LogP contribution in [-0.2, 0) is 20.0 Å². The zero-order valence-corrected chi connectivity index (χ0v) is 35.6. The molecule has 0 spiro atoms. The summed E-state index contributed by atoms with van der Waals surface area (Å²) in [7, 11) is 0. The fourth-order valence-corrected chi connectivity index (χ4v) is 33.0. The molecule has 6 aromatic rings. The van der Waals surface area contributed by atoms with Crippen LogP contribution in [0.3, 0.4) is 0 Å². The fourth-order valence-electron chi connectivity index (χ4n) is 10.2. The van der Waals surface area contributed by atoms with E-state index in [2.05, 4.69) is 147 Å². The molecule has 2 aliphatic carbocycles. The minimum atomic E-state index is -3.15. The summed E-state index contributed by atoms with van der Waals surface area (Å²) in [6.45, 7) is 4.74. The van der Waals surface area contributed by atoms with Crippen molar-refractivity contribution in [3.05, 3.63) is 155 Å². The molecule has 9 rings (SSSR count). The van der Waals surface area contributed by atoms with E-state index in [9.17, 15) is 0 Å². The quantitative estimate of drug-likeness (QED) is 0.121. The summed E-state index contributed by atoms with van der Waals surface area (Å²) in [5.41, 5.74) is 15.6. The summed E-state index contributed by atoms with van der Waals surface area (Å²) in [5.74, 6) is 0. The second-order valence-corrected chi connectivity index (χ2v) is 31.9. The molecule has 0 N–H and O–H groups in total. The van der Waals surface area contributed by atoms with Crippen molar-refractivity contribution in [1.29, 1.82) is 0 Å². The largest absolute Gasteiger partial charge is 1.00 e. The van der Waals surface area contributed by atoms with Gasteiger partial charge in [0.2, 0.25) is 0 Å². The van der Waals surface area contributed by atoms with E-state index in [0.29, 0.717) is 7.35 Å². The first-order valence-corrected chi connectivity index (χ1v) is 28.6. The summed E-state index contributed by atoms with van der Waals surface area (Å²) in [4.78, 5) is 0. The van der Waals surface area contributed by atoms with Crippen molar-refractivity contribution in [3.63, 3.8) is 0 Å². The molecule has 0 nitrogen and oxygen atoms in total. The third-order valence-corrected chi connectivity index (χ3v) is 34.9. The zero-order chi connectivity index (χ0) is 33.7. The molecular weight excluding hydrogens is 838 g/mol. The average molecular weight is 886 g/mol. The van der Waals surface area contributed by atoms with E-state index in [1.54, 1.807) is 22.3 Å². The van der Waals surface area contributed by atoms with Crippen LogP contribution >= 0.6 is 0 Å². The van der Waals surface area contributed by atoms with Gasteiger partial charge in [0.25, 0.3) is 0 Å². The maximum absolute atomic E-state index is 3.15. The van der Waals surface area contributed by atoms with Gasteiger partial charge < -0.3 is 24.8 Å². The van der Waals surface area contributed by atoms with Gasteiger partial charge in [0.1, 0.15) is 0 Å². The number of rotatable bonds is 10. The summed E-state index contributed by atoms with van der Waals surface area (Å²) >= 11 is -3.15. The number of halogens is 2. The van der Waals surface area contributed by atoms with Crippen molar-refractivity contribution >= 4 is 33.7 Å². The molecule has 0 radical (unpaired) electrons. The zero-order valence-electron chi connectivity index (χ0n) is 30.5. The van der Waals surface area contributed by atoms with Crippen molar-refractivity contribution in [2.24, 2.45) is 0 Å². The van der Waals surface area contributed by atoms with Crippen LogP contribution < -0.4 is 24.8 Å². The maximum atomic E-state index is 2.71. The first-order valence-electron chi connectivity index (χ1n) is 19.3. The number of fused-ring (bicyclic) bond motifs is 4. The van der Waals surface area contributed by atoms with E-state index >= 15 is 0 Å². The van der Waals surface area contributed by atoms with Gasteiger partial charge in [-0.05, 0) is 0 Å². The van der Waals surface area contributed by atoms with Gasteiger partial charge in [0.05, 0.1) is 0 Å². The van der Waals surface area contributed by atoms with E-state index in [0.717, 1.165) is 0 Å². The Morgan fingerprint density at radius 2 is 0.885 bits per heavy atom. The van der Waals surface area contributed by atoms with Gasteiger partial charge in [0, 0.05) is 0 Å². The van der Waals surface area contributed by atoms with Gasteiger partial charge in [-0.1, -0.05) is 0 Å². The van der Waals surface area contributed by atoms with Crippen LogP contribution in [0.15, 0.2) is 132 Å². The Balaban J connectivity index is 0.00000210. The fraction of sp³-hybridized carbons (Fsp3) is 0.265. The Kier molecular flexibility index (Phi) is 11.2. The first-order chi connectivity index (χ1) is 24.7. The minimum absolute atomic E-state index is 0. The van der Waals surface area contributed by atoms with Crippen molar-refractivity contribution < 1.29 is 44.8 Å². The smallest absolute Gasteiger partial charge is 1.00 e. The SMILES string of the molecule is CCCCC1=Cc2c(-c3cccc4ccccc34)cccc2[CH]1[Hf+2]1([CH]2C(CCCC)=Cc3c(-c4cccc5ccccc45)cccc32)[CH2]C[CH2]1.[Cl-].[Cl-]. The Morgan fingerprint density at radius 3 is 1.31 bits per heavy atom. The molecule has 0 saturated carbocycles. The van der Waals surface area contributed by atoms with Crippen LogP contribution in [0, 0.1) is 0 Å². The Morgan fingerprint density at radius 1 is 0.481 bits per heavy atom. The number of allylic oxidation sites excluding steroid dienone is 2. The maximum Gasteiger partial charge on any atom is -1.00 e. The molecule has 6 aromatic carbocycles. The molecule has 0 aromatic heterocycles. The second-order valence-electron chi connectivity index (χ2n) is 15.3. The van der Waals surface area contributed by atoms with Crippen molar-refractivity contribution in [3.8, 4) is 22.3 Å². The third-order valence-electron chi connectivity index (χ3n) is 12.5. The molecule has 0 bridgehead atoms. The van der Waals surface area contributed by atoms with Crippen molar-refractivity contribution in [2.75, 3.05) is 0 Å². The first kappa shape index (κ1) is 37.1. The number of hydrogen-bond acceptors (Lipinski definition) is 0. The Bertz CT molecular complexity index is 2140. The Labute approximate surface area is 327 Å². The van der Waals surface area contributed by atoms with Gasteiger partial charge in [-0.2, -0.15) is 0 Å². The summed E-state index contributed by atoms with van der Waals surface area (Å²) in [6.07, 6.45) is 14.4. The van der Waals surface area contributed by atoms with Gasteiger partial charge in [0.15, 0.2) is 0 Å². The van der Waals surface area contributed by atoms with Gasteiger partial charge >= 0.3 is 305 Å². The van der Waals surface area contributed by atoms with Gasteiger partial charge in [-0.3, -0.25) is 0 Å². The normalized spacial score (nSPS) is 17.5. The van der Waals surface area contributed by atoms with E-state index in [1.165, 1.54) is 108 Å². The molecule has 262 valence electrons. The molecule has 1 aliphatic heterocycles. The van der Waals surface area contributed by atoms with E-state index in [4.69, 9.17) is 0 Å². The number of benzene rings is 6. The predicted octanol–water partition coefficient (Wildman–Crippen LogP) is 8.69. The molecular formula is C49H48Cl2Hf. The molecule has 3 heteroatoms. The Hall–Kier alpha value is -3.23. The monoisotopic (exact) mass is 886 g/mol. The molecule has 52 heavy (non-hydrogen) atoms. The summed E-state index contributed by atoms with van der Waals surface area (Å²) < 4.78 is 4.39. The molecule has 2 atom stereocenters. The van der Waals surface area contributed by atoms with Crippen LogP contribution in [0.5, 0.6) is 0 Å². The molecule has 1 saturated heterocycles. The van der Waals surface area contributed by atoms with Crippen molar-refractivity contribution in [2.45, 2.75) is 74.5 Å². The van der Waals surface area contributed by atoms with E-state index < -0.39 is 20.0 Å². The summed E-state index contributed by atoms with van der Waals surface area (Å²) in [6, 6.07) is 46.4. The topological polar surface area (TPSA) is 0 Å².